The lowest BCUT2D eigenvalue weighted by Crippen LogP contribution is -2.27. The van der Waals surface area contributed by atoms with Crippen molar-refractivity contribution in [2.75, 3.05) is 98.7 Å². The number of nitrogens with zero attached hydrogens (tertiary/aromatic N) is 14. The highest BCUT2D eigenvalue weighted by molar-refractivity contribution is 9.10. The fourth-order valence-electron chi connectivity index (χ4n) is 12.8. The van der Waals surface area contributed by atoms with Gasteiger partial charge in [-0.25, -0.2) is 64.2 Å². The van der Waals surface area contributed by atoms with Gasteiger partial charge in [-0.3, -0.25) is 28.9 Å². The molecule has 4 amide bonds. The lowest BCUT2D eigenvalue weighted by atomic mass is 10.1. The molecule has 145 heavy (non-hydrogen) atoms. The summed E-state index contributed by atoms with van der Waals surface area (Å²) in [4.78, 5) is 112. The van der Waals surface area contributed by atoms with Crippen LogP contribution in [0.15, 0.2) is 378 Å². The van der Waals surface area contributed by atoms with Crippen molar-refractivity contribution in [2.24, 2.45) is 0 Å². The Morgan fingerprint density at radius 3 is 1.37 bits per heavy atom. The molecule has 0 unspecified atom stereocenters. The summed E-state index contributed by atoms with van der Waals surface area (Å²) in [6, 6.07) is 82.9. The lowest BCUT2D eigenvalue weighted by Gasteiger charge is -2.18. The van der Waals surface area contributed by atoms with E-state index in [1.807, 2.05) is 165 Å². The Morgan fingerprint density at radius 1 is 0.386 bits per heavy atom. The number of hydrogen-bond donors (Lipinski definition) is 10. The molecule has 7 aromatic heterocycles. The van der Waals surface area contributed by atoms with Crippen LogP contribution in [0.5, 0.6) is 63.6 Å². The molecular weight excluding hydrogens is 1940 g/mol. The molecule has 39 heteroatoms. The van der Waals surface area contributed by atoms with Crippen molar-refractivity contribution in [3.8, 4) is 63.6 Å². The number of anilines is 18. The fraction of sp³-hybridized carbons (Fsp3) is 0.0660. The SMILES string of the molecule is C=CC(=O)Cc1ccc(Nc2cc(Nc3cccc(Br)c3)ncn2)cc1.C=CC(=O)N1COc2ccc(Nc3cc(Oc4ccc(Oc5ccccc5)cc4)ncn3)cc21.C=CC(=O)Nc1cccc(Nc2cc(Nc3ccccc3)ncn2)n1.C=CC(=O)Nc1cccc(Nc2cc(Oc3ccc4c(c3)OCCO4)ncn2)n1.CN(C)C/C=C/C(=O)Nc1cccc(Nc2cc(Oc3ccc(F)c(Cl)c3)ncn2)c1. The molecule has 16 aromatic rings. The Bertz CT molecular complexity index is 7260. The minimum atomic E-state index is -0.528. The monoisotopic (exact) mass is 2020 g/mol. The predicted molar refractivity (Wildman–Crippen MR) is 560 cm³/mol. The van der Waals surface area contributed by atoms with E-state index in [4.69, 9.17) is 44.8 Å². The summed E-state index contributed by atoms with van der Waals surface area (Å²) in [7, 11) is 3.85. The average molecular weight is 2030 g/mol. The highest BCUT2D eigenvalue weighted by atomic mass is 79.9. The van der Waals surface area contributed by atoms with E-state index in [0.29, 0.717) is 159 Å². The summed E-state index contributed by atoms with van der Waals surface area (Å²) < 4.78 is 54.0. The fourth-order valence-corrected chi connectivity index (χ4v) is 13.4. The van der Waals surface area contributed by atoms with Gasteiger partial charge < -0.3 is 91.2 Å². The number of para-hydroxylation sites is 2. The molecule has 2 aliphatic rings. The molecule has 0 atom stereocenters. The number of fused-ring (bicyclic) bond motifs is 2. The van der Waals surface area contributed by atoms with Crippen LogP contribution < -0.4 is 91.2 Å². The Labute approximate surface area is 844 Å². The van der Waals surface area contributed by atoms with Crippen LogP contribution in [0.25, 0.3) is 0 Å². The van der Waals surface area contributed by atoms with E-state index in [0.717, 1.165) is 38.5 Å². The second-order valence-corrected chi connectivity index (χ2v) is 31.9. The van der Waals surface area contributed by atoms with Gasteiger partial charge in [0.2, 0.25) is 35.4 Å². The first-order chi connectivity index (χ1) is 70.6. The van der Waals surface area contributed by atoms with Crippen LogP contribution in [-0.4, -0.2) is 135 Å². The summed E-state index contributed by atoms with van der Waals surface area (Å²) in [6.07, 6.45) is 15.7. The number of aromatic nitrogens is 12. The number of ether oxygens (including phenoxy) is 7. The third kappa shape index (κ3) is 32.7. The first kappa shape index (κ1) is 102. The summed E-state index contributed by atoms with van der Waals surface area (Å²) in [6.45, 7) is 15.7. The minimum absolute atomic E-state index is 0.00442. The summed E-state index contributed by atoms with van der Waals surface area (Å²) in [5, 5.41) is 30.1. The number of halogens is 3. The number of benzene rings is 9. The molecule has 0 saturated carbocycles. The molecule has 9 heterocycles. The number of carbonyl (C=O) groups excluding carboxylic acids is 5. The quantitative estimate of drug-likeness (QED) is 0.0167. The van der Waals surface area contributed by atoms with Gasteiger partial charge in [0.1, 0.15) is 149 Å². The maximum absolute atomic E-state index is 13.3. The summed E-state index contributed by atoms with van der Waals surface area (Å²) in [5.74, 6) is 10.2. The van der Waals surface area contributed by atoms with E-state index in [9.17, 15) is 28.4 Å². The van der Waals surface area contributed by atoms with Crippen LogP contribution in [0.3, 0.4) is 0 Å². The highest BCUT2D eigenvalue weighted by Gasteiger charge is 2.26. The molecule has 9 aromatic carbocycles. The van der Waals surface area contributed by atoms with Crippen molar-refractivity contribution >= 4 is 161 Å². The van der Waals surface area contributed by atoms with Crippen molar-refractivity contribution in [3.05, 3.63) is 394 Å². The molecule has 0 spiro atoms. The molecule has 0 aliphatic carbocycles. The van der Waals surface area contributed by atoms with Gasteiger partial charge in [0.25, 0.3) is 5.91 Å². The predicted octanol–water partition coefficient (Wildman–Crippen LogP) is 22.3. The van der Waals surface area contributed by atoms with E-state index in [1.54, 1.807) is 121 Å². The summed E-state index contributed by atoms with van der Waals surface area (Å²) >= 11 is 9.22. The Morgan fingerprint density at radius 2 is 0.821 bits per heavy atom. The van der Waals surface area contributed by atoms with Crippen LogP contribution in [0, 0.1) is 5.82 Å². The molecule has 18 rings (SSSR count). The second-order valence-electron chi connectivity index (χ2n) is 30.5. The topological polar surface area (TPSA) is 431 Å². The number of amides is 4. The van der Waals surface area contributed by atoms with Gasteiger partial charge in [0.15, 0.2) is 24.0 Å². The van der Waals surface area contributed by atoms with E-state index >= 15 is 0 Å². The zero-order chi connectivity index (χ0) is 101. The van der Waals surface area contributed by atoms with Crippen molar-refractivity contribution in [1.29, 1.82) is 0 Å². The molecule has 0 bridgehead atoms. The van der Waals surface area contributed by atoms with Crippen molar-refractivity contribution < 1.29 is 61.5 Å². The van der Waals surface area contributed by atoms with Crippen LogP contribution >= 0.6 is 27.5 Å². The van der Waals surface area contributed by atoms with E-state index in [1.165, 1.54) is 85.1 Å². The zero-order valence-electron chi connectivity index (χ0n) is 77.6. The third-order valence-corrected chi connectivity index (χ3v) is 20.2. The average Bonchev–Trinajstić information content (AvgIpc) is 1.69. The van der Waals surface area contributed by atoms with Gasteiger partial charge in [-0.05, 0) is 208 Å². The Kier molecular flexibility index (Phi) is 36.5. The number of pyridine rings is 2. The van der Waals surface area contributed by atoms with E-state index < -0.39 is 5.82 Å². The van der Waals surface area contributed by atoms with Crippen LogP contribution in [-0.2, 0) is 30.4 Å². The van der Waals surface area contributed by atoms with Gasteiger partial charge in [0, 0.05) is 100 Å². The Balaban J connectivity index is 0.000000144. The maximum Gasteiger partial charge on any atom is 0.253 e. The molecular formula is C106H91BrClFN24O12. The van der Waals surface area contributed by atoms with Gasteiger partial charge >= 0.3 is 0 Å². The number of ketones is 1. The number of hydrogen-bond acceptors (Lipinski definition) is 32. The molecule has 10 N–H and O–H groups in total. The molecule has 728 valence electrons. The maximum atomic E-state index is 13.3. The first-order valence-corrected chi connectivity index (χ1v) is 45.3. The molecule has 0 fully saturated rings. The van der Waals surface area contributed by atoms with Gasteiger partial charge in [-0.2, -0.15) is 0 Å². The van der Waals surface area contributed by atoms with E-state index in [2.05, 4.69) is 155 Å². The van der Waals surface area contributed by atoms with Crippen LogP contribution in [0.1, 0.15) is 5.56 Å². The van der Waals surface area contributed by atoms with Crippen molar-refractivity contribution in [1.82, 2.24) is 64.7 Å². The number of nitrogens with one attached hydrogen (secondary N) is 10. The zero-order valence-corrected chi connectivity index (χ0v) is 79.9. The number of rotatable bonds is 34. The molecule has 2 aliphatic heterocycles. The smallest absolute Gasteiger partial charge is 0.253 e. The Hall–Kier alpha value is -19.2. The highest BCUT2D eigenvalue weighted by Crippen LogP contribution is 2.40. The number of carbonyl (C=O) groups is 5. The largest absolute Gasteiger partial charge is 0.486 e. The van der Waals surface area contributed by atoms with Crippen LogP contribution in [0.4, 0.5) is 108 Å². The first-order valence-electron chi connectivity index (χ1n) is 44.1. The number of allylic oxidation sites excluding steroid dienone is 1. The minimum Gasteiger partial charge on any atom is -0.486 e. The van der Waals surface area contributed by atoms with Gasteiger partial charge in [-0.1, -0.05) is 133 Å². The standard InChI is InChI=1S/C26H20N4O4.C22H21ClFN5O2.C20H17BrN4O.C20H17N5O4.C18H16N6O/c1-2-26(31)30-17-32-23-13-8-18(14-22(23)30)29-24-15-25(28-16-27-24)34-21-11-9-20(10-12-21)33-19-6-4-3-5-7-19;1-29(2)10-4-7-21(30)28-16-6-3-5-15(11-16)27-20-13-22(26-14-25-20)31-17-8-9-19(24)18(23)12-17;1-2-18(26)10-14-6-8-16(9-7-14)24-19-12-20(23-13-22-19)25-17-5-3-4-15(21)11-17;1-2-19(26)25-17-5-3-4-16(23-17)24-18-11-20(22-12-21-18)29-13-6-7-14-15(10-13)28-9-8-27-14;1-2-18(25)24-15-10-6-9-14(22-15)23-17-11-16(19-12-20-17)21-13-7-4-3-5-8-13/h2-16H,1,17H2,(H,27,28,29);3-9,11-14H,10H2,1-2H3,(H,28,30)(H,25,26,27);2-9,11-13H,1,10H2,(H2,22,23,24,25);2-7,10-12H,1,8-9H2,(H2,21,22,23,24,25,26);2-12H,1H2,(H3,19,20,21,22,23,24,25)/b;7-4+;;;. The third-order valence-electron chi connectivity index (χ3n) is 19.4. The van der Waals surface area contributed by atoms with E-state index in [-0.39, 0.29) is 47.0 Å². The number of likely N-dealkylation sites (N-methyl/N-ethyl adjacent to an activating group) is 1. The lowest BCUT2D eigenvalue weighted by molar-refractivity contribution is -0.115. The van der Waals surface area contributed by atoms with Crippen molar-refractivity contribution in [3.63, 3.8) is 0 Å². The van der Waals surface area contributed by atoms with Crippen molar-refractivity contribution in [2.45, 2.75) is 6.42 Å². The molecule has 36 nitrogen and oxygen atoms in total. The molecule has 0 saturated heterocycles. The van der Waals surface area contributed by atoms with Gasteiger partial charge in [-0.15, -0.1) is 0 Å². The normalized spacial score (nSPS) is 11.1. The molecule has 0 radical (unpaired) electrons. The second kappa shape index (κ2) is 52.0. The van der Waals surface area contributed by atoms with Crippen LogP contribution in [0.2, 0.25) is 5.02 Å². The van der Waals surface area contributed by atoms with Gasteiger partial charge in [0.05, 0.1) is 10.7 Å². The summed E-state index contributed by atoms with van der Waals surface area (Å²) in [5.41, 5.74) is 6.43.